The Bertz CT molecular complexity index is 1300. The van der Waals surface area contributed by atoms with E-state index in [0.717, 1.165) is 35.6 Å². The maximum absolute atomic E-state index is 14.0. The van der Waals surface area contributed by atoms with E-state index in [1.165, 1.54) is 12.1 Å². The largest absolute Gasteiger partial charge is 0.381 e. The molecule has 1 saturated heterocycles. The van der Waals surface area contributed by atoms with Crippen LogP contribution in [0.5, 0.6) is 0 Å². The number of hydrogen-bond donors (Lipinski definition) is 2. The van der Waals surface area contributed by atoms with Gasteiger partial charge in [-0.25, -0.2) is 22.5 Å². The van der Waals surface area contributed by atoms with E-state index in [9.17, 15) is 27.6 Å². The van der Waals surface area contributed by atoms with E-state index in [1.54, 1.807) is 0 Å². The van der Waals surface area contributed by atoms with E-state index >= 15 is 0 Å². The Hall–Kier alpha value is -3.40. The Morgan fingerprint density at radius 3 is 2.67 bits per heavy atom. The smallest absolute Gasteiger partial charge is 0.329 e. The van der Waals surface area contributed by atoms with Crippen LogP contribution in [-0.4, -0.2) is 28.7 Å². The second kappa shape index (κ2) is 9.62. The number of benzene rings is 2. The van der Waals surface area contributed by atoms with Crippen molar-refractivity contribution in [3.05, 3.63) is 80.3 Å². The molecule has 10 heteroatoms. The van der Waals surface area contributed by atoms with Gasteiger partial charge in [-0.15, -0.1) is 0 Å². The molecule has 2 unspecified atom stereocenters. The maximum Gasteiger partial charge on any atom is 0.329 e. The van der Waals surface area contributed by atoms with Crippen molar-refractivity contribution in [1.82, 2.24) is 14.9 Å². The summed E-state index contributed by atoms with van der Waals surface area (Å²) in [6, 6.07) is 5.08. The third-order valence-electron chi connectivity index (χ3n) is 5.80. The minimum absolute atomic E-state index is 0.0439. The molecule has 2 N–H and O–H groups in total. The number of carbonyl (C=O) groups is 1. The highest BCUT2D eigenvalue weighted by molar-refractivity contribution is 5.82. The van der Waals surface area contributed by atoms with Crippen molar-refractivity contribution in [1.29, 1.82) is 0 Å². The molecule has 1 aliphatic heterocycles. The minimum atomic E-state index is -1.27. The molecule has 2 aromatic carbocycles. The molecule has 1 fully saturated rings. The van der Waals surface area contributed by atoms with Gasteiger partial charge < -0.3 is 15.0 Å². The van der Waals surface area contributed by atoms with Crippen LogP contribution in [0.15, 0.2) is 46.0 Å². The van der Waals surface area contributed by atoms with Gasteiger partial charge in [0, 0.05) is 30.7 Å². The van der Waals surface area contributed by atoms with Gasteiger partial charge in [0.15, 0.2) is 0 Å². The second-order valence-electron chi connectivity index (χ2n) is 8.02. The van der Waals surface area contributed by atoms with Crippen LogP contribution < -0.4 is 16.6 Å². The van der Waals surface area contributed by atoms with Crippen molar-refractivity contribution in [2.24, 2.45) is 5.92 Å². The van der Waals surface area contributed by atoms with Crippen LogP contribution >= 0.6 is 0 Å². The van der Waals surface area contributed by atoms with Gasteiger partial charge in [-0.2, -0.15) is 0 Å². The number of amides is 1. The second-order valence-corrected chi connectivity index (χ2v) is 8.02. The van der Waals surface area contributed by atoms with Gasteiger partial charge in [0.1, 0.15) is 23.5 Å². The first-order chi connectivity index (χ1) is 15.8. The molecule has 0 radical (unpaired) electrons. The first-order valence-electron chi connectivity index (χ1n) is 10.6. The van der Waals surface area contributed by atoms with Gasteiger partial charge in [-0.3, -0.25) is 9.59 Å². The first kappa shape index (κ1) is 22.8. The fraction of sp³-hybridized carbons (Fsp3) is 0.348. The van der Waals surface area contributed by atoms with Crippen molar-refractivity contribution >= 4 is 16.8 Å². The summed E-state index contributed by atoms with van der Waals surface area (Å²) in [5.41, 5.74) is -1.45. The van der Waals surface area contributed by atoms with Crippen LogP contribution in [0, 0.1) is 23.4 Å². The number of aromatic nitrogens is 2. The van der Waals surface area contributed by atoms with Gasteiger partial charge in [0.2, 0.25) is 5.91 Å². The third-order valence-corrected chi connectivity index (χ3v) is 5.80. The van der Waals surface area contributed by atoms with Gasteiger partial charge in [0.25, 0.3) is 5.56 Å². The van der Waals surface area contributed by atoms with E-state index < -0.39 is 46.6 Å². The molecule has 0 saturated carbocycles. The summed E-state index contributed by atoms with van der Waals surface area (Å²) in [5.74, 6) is -3.46. The Labute approximate surface area is 186 Å². The van der Waals surface area contributed by atoms with Crippen LogP contribution in [0.4, 0.5) is 13.2 Å². The normalized spacial score (nSPS) is 17.5. The molecule has 1 aliphatic rings. The minimum Gasteiger partial charge on any atom is -0.381 e. The fourth-order valence-corrected chi connectivity index (χ4v) is 4.12. The lowest BCUT2D eigenvalue weighted by Crippen LogP contribution is -2.48. The average molecular weight is 461 g/mol. The van der Waals surface area contributed by atoms with Crippen molar-refractivity contribution in [3.8, 4) is 0 Å². The summed E-state index contributed by atoms with van der Waals surface area (Å²) < 4.78 is 47.3. The zero-order chi connectivity index (χ0) is 23.5. The molecule has 1 amide bonds. The number of carbonyl (C=O) groups excluding carboxylic acids is 1. The topological polar surface area (TPSA) is 93.2 Å². The van der Waals surface area contributed by atoms with Crippen LogP contribution in [0.2, 0.25) is 0 Å². The van der Waals surface area contributed by atoms with Crippen LogP contribution in [0.25, 0.3) is 10.9 Å². The highest BCUT2D eigenvalue weighted by Crippen LogP contribution is 2.26. The Morgan fingerprint density at radius 2 is 1.88 bits per heavy atom. The summed E-state index contributed by atoms with van der Waals surface area (Å²) in [6.45, 7) is 0.347. The molecular formula is C23H22F3N3O4. The van der Waals surface area contributed by atoms with Gasteiger partial charge in [-0.05, 0) is 37.1 Å². The number of H-pyrrole nitrogens is 1. The third kappa shape index (κ3) is 4.85. The molecular weight excluding hydrogens is 439 g/mol. The van der Waals surface area contributed by atoms with E-state index in [1.807, 2.05) is 0 Å². The molecule has 174 valence electrons. The number of aromatic amines is 1. The zero-order valence-corrected chi connectivity index (χ0v) is 17.6. The number of nitrogens with one attached hydrogen (secondary N) is 2. The summed E-state index contributed by atoms with van der Waals surface area (Å²) in [7, 11) is 0. The molecule has 0 spiro atoms. The highest BCUT2D eigenvalue weighted by atomic mass is 19.1. The lowest BCUT2D eigenvalue weighted by molar-refractivity contribution is -0.127. The molecule has 2 atom stereocenters. The molecule has 7 nitrogen and oxygen atoms in total. The lowest BCUT2D eigenvalue weighted by atomic mass is 9.94. The van der Waals surface area contributed by atoms with Gasteiger partial charge >= 0.3 is 5.69 Å². The number of halogens is 3. The van der Waals surface area contributed by atoms with E-state index in [2.05, 4.69) is 10.3 Å². The van der Waals surface area contributed by atoms with E-state index in [-0.39, 0.29) is 29.6 Å². The number of fused-ring (bicyclic) bond motifs is 1. The van der Waals surface area contributed by atoms with Crippen molar-refractivity contribution < 1.29 is 22.7 Å². The van der Waals surface area contributed by atoms with Crippen molar-refractivity contribution in [2.75, 3.05) is 13.2 Å². The van der Waals surface area contributed by atoms with Crippen molar-refractivity contribution in [2.45, 2.75) is 31.8 Å². The predicted molar refractivity (Wildman–Crippen MR) is 114 cm³/mol. The summed E-state index contributed by atoms with van der Waals surface area (Å²) in [4.78, 5) is 41.9. The fourth-order valence-electron chi connectivity index (χ4n) is 4.12. The molecule has 0 aliphatic carbocycles. The van der Waals surface area contributed by atoms with E-state index in [4.69, 9.17) is 4.74 Å². The molecule has 0 bridgehead atoms. The quantitative estimate of drug-likeness (QED) is 0.611. The molecule has 4 rings (SSSR count). The van der Waals surface area contributed by atoms with Crippen LogP contribution in [0.1, 0.15) is 30.9 Å². The van der Waals surface area contributed by atoms with Crippen molar-refractivity contribution in [3.63, 3.8) is 0 Å². The SMILES string of the molecule is O=C(NCc1ccc(F)cc1F)C(C1CCCCOC1)n1c(=O)[nH]c2ccc(F)cc2c1=O. The molecule has 2 heterocycles. The maximum atomic E-state index is 14.0. The molecule has 3 aromatic rings. The Morgan fingerprint density at radius 1 is 1.12 bits per heavy atom. The monoisotopic (exact) mass is 461 g/mol. The number of ether oxygens (including phenoxy) is 1. The summed E-state index contributed by atoms with van der Waals surface area (Å²) in [5, 5.41) is 2.47. The zero-order valence-electron chi connectivity index (χ0n) is 17.6. The molecule has 33 heavy (non-hydrogen) atoms. The lowest BCUT2D eigenvalue weighted by Gasteiger charge is -2.26. The standard InChI is InChI=1S/C23H22F3N3O4/c24-15-6-7-19-17(9-15)22(31)29(23(32)28-19)20(14-3-1-2-8-33-12-14)21(30)27-11-13-4-5-16(25)10-18(13)26/h4-7,9-10,14,20H,1-3,8,11-12H2,(H,27,30)(H,28,32). The van der Waals surface area contributed by atoms with Crippen LogP contribution in [-0.2, 0) is 16.1 Å². The number of nitrogens with zero attached hydrogens (tertiary/aromatic N) is 1. The highest BCUT2D eigenvalue weighted by Gasteiger charge is 2.34. The molecule has 1 aromatic heterocycles. The summed E-state index contributed by atoms with van der Waals surface area (Å²) in [6.07, 6.45) is 1.99. The predicted octanol–water partition coefficient (Wildman–Crippen LogP) is 2.78. The number of hydrogen-bond acceptors (Lipinski definition) is 4. The van der Waals surface area contributed by atoms with Gasteiger partial charge in [-0.1, -0.05) is 12.5 Å². The average Bonchev–Trinajstić information content (AvgIpc) is 3.06. The Kier molecular flexibility index (Phi) is 6.64. The van der Waals surface area contributed by atoms with Crippen LogP contribution in [0.3, 0.4) is 0 Å². The number of rotatable bonds is 5. The van der Waals surface area contributed by atoms with E-state index in [0.29, 0.717) is 19.1 Å². The first-order valence-corrected chi connectivity index (χ1v) is 10.6. The van der Waals surface area contributed by atoms with Gasteiger partial charge in [0.05, 0.1) is 17.5 Å². The summed E-state index contributed by atoms with van der Waals surface area (Å²) >= 11 is 0. The Balaban J connectivity index is 1.74.